The molecule has 1 atom stereocenters. The van der Waals surface area contributed by atoms with Gasteiger partial charge in [0.25, 0.3) is 5.91 Å². The average molecular weight is 477 g/mol. The number of nitrogens with one attached hydrogen (secondary N) is 1. The third-order valence-electron chi connectivity index (χ3n) is 5.43. The van der Waals surface area contributed by atoms with Crippen molar-refractivity contribution in [2.75, 3.05) is 24.4 Å². The molecule has 1 aliphatic rings. The normalized spacial score (nSPS) is 15.4. The monoisotopic (exact) mass is 476 g/mol. The second-order valence-electron chi connectivity index (χ2n) is 7.76. The Hall–Kier alpha value is -3.78. The molecule has 1 fully saturated rings. The van der Waals surface area contributed by atoms with E-state index in [1.54, 1.807) is 42.5 Å². The van der Waals surface area contributed by atoms with Crippen LogP contribution in [0.2, 0.25) is 0 Å². The summed E-state index contributed by atoms with van der Waals surface area (Å²) in [5, 5.41) is 2.36. The molecule has 3 aromatic carbocycles. The van der Waals surface area contributed by atoms with Gasteiger partial charge in [0, 0.05) is 22.6 Å². The van der Waals surface area contributed by atoms with Crippen LogP contribution in [0.25, 0.3) is 0 Å². The first-order valence-corrected chi connectivity index (χ1v) is 11.5. The van der Waals surface area contributed by atoms with Crippen LogP contribution in [0.15, 0.2) is 71.6 Å². The zero-order chi connectivity index (χ0) is 24.2. The summed E-state index contributed by atoms with van der Waals surface area (Å²) >= 11 is 1.34. The first kappa shape index (κ1) is 23.4. The highest BCUT2D eigenvalue weighted by molar-refractivity contribution is 8.00. The molecular weight excluding hydrogens is 452 g/mol. The van der Waals surface area contributed by atoms with Gasteiger partial charge >= 0.3 is 0 Å². The molecule has 0 radical (unpaired) electrons. The molecule has 0 aromatic heterocycles. The van der Waals surface area contributed by atoms with Gasteiger partial charge in [-0.05, 0) is 61.5 Å². The third-order valence-corrected chi connectivity index (χ3v) is 6.63. The van der Waals surface area contributed by atoms with E-state index >= 15 is 0 Å². The van der Waals surface area contributed by atoms with Gasteiger partial charge in [-0.2, -0.15) is 0 Å². The van der Waals surface area contributed by atoms with E-state index < -0.39 is 5.25 Å². The second kappa shape index (κ2) is 10.0. The smallest absolute Gasteiger partial charge is 0.255 e. The first-order valence-electron chi connectivity index (χ1n) is 10.6. The van der Waals surface area contributed by atoms with Crippen LogP contribution < -0.4 is 19.7 Å². The molecule has 0 spiro atoms. The van der Waals surface area contributed by atoms with E-state index in [-0.39, 0.29) is 24.1 Å². The Labute approximate surface area is 202 Å². The Morgan fingerprint density at radius 3 is 2.26 bits per heavy atom. The summed E-state index contributed by atoms with van der Waals surface area (Å²) in [5.41, 5.74) is 2.70. The summed E-state index contributed by atoms with van der Waals surface area (Å²) in [5.74, 6) is 0.306. The van der Waals surface area contributed by atoms with Crippen LogP contribution in [0.4, 0.5) is 11.4 Å². The molecule has 4 rings (SSSR count). The van der Waals surface area contributed by atoms with E-state index in [1.165, 1.54) is 30.9 Å². The Morgan fingerprint density at radius 1 is 0.941 bits per heavy atom. The van der Waals surface area contributed by atoms with Gasteiger partial charge in [0.15, 0.2) is 11.5 Å². The van der Waals surface area contributed by atoms with Gasteiger partial charge in [0.05, 0.1) is 25.2 Å². The van der Waals surface area contributed by atoms with Crippen molar-refractivity contribution >= 4 is 40.9 Å². The molecule has 1 aliphatic heterocycles. The minimum Gasteiger partial charge on any atom is -0.493 e. The number of thioether (sulfide) groups is 1. The highest BCUT2D eigenvalue weighted by atomic mass is 32.2. The molecule has 1 N–H and O–H groups in total. The summed E-state index contributed by atoms with van der Waals surface area (Å²) in [7, 11) is 3.05. The van der Waals surface area contributed by atoms with Crippen molar-refractivity contribution in [3.05, 3.63) is 77.9 Å². The van der Waals surface area contributed by atoms with E-state index in [4.69, 9.17) is 9.47 Å². The van der Waals surface area contributed by atoms with Crippen LogP contribution in [0.3, 0.4) is 0 Å². The van der Waals surface area contributed by atoms with Crippen molar-refractivity contribution in [1.82, 2.24) is 0 Å². The van der Waals surface area contributed by atoms with Crippen LogP contribution >= 0.6 is 11.8 Å². The average Bonchev–Trinajstić information content (AvgIpc) is 3.12. The van der Waals surface area contributed by atoms with Crippen LogP contribution in [0.5, 0.6) is 11.5 Å². The van der Waals surface area contributed by atoms with Crippen molar-refractivity contribution in [2.24, 2.45) is 0 Å². The molecule has 1 unspecified atom stereocenters. The number of hydrogen-bond acceptors (Lipinski definition) is 6. The van der Waals surface area contributed by atoms with Gasteiger partial charge < -0.3 is 14.8 Å². The van der Waals surface area contributed by atoms with E-state index in [9.17, 15) is 14.4 Å². The SMILES string of the molecule is COc1ccc(C(=O)Nc2ccc(SC3CC(=O)N(c4ccc(C)cc4)C3=O)cc2)cc1OC. The van der Waals surface area contributed by atoms with Gasteiger partial charge in [-0.3, -0.25) is 14.4 Å². The topological polar surface area (TPSA) is 84.9 Å². The van der Waals surface area contributed by atoms with Gasteiger partial charge in [-0.15, -0.1) is 11.8 Å². The minimum atomic E-state index is -0.485. The zero-order valence-corrected chi connectivity index (χ0v) is 19.8. The summed E-state index contributed by atoms with van der Waals surface area (Å²) < 4.78 is 10.5. The summed E-state index contributed by atoms with van der Waals surface area (Å²) in [4.78, 5) is 40.1. The maximum atomic E-state index is 12.9. The number of anilines is 2. The second-order valence-corrected chi connectivity index (χ2v) is 9.04. The molecule has 0 aliphatic carbocycles. The molecule has 3 amide bonds. The predicted molar refractivity (Wildman–Crippen MR) is 132 cm³/mol. The van der Waals surface area contributed by atoms with Gasteiger partial charge in [-0.25, -0.2) is 4.90 Å². The zero-order valence-electron chi connectivity index (χ0n) is 19.0. The minimum absolute atomic E-state index is 0.148. The number of nitrogens with zero attached hydrogens (tertiary/aromatic N) is 1. The number of benzene rings is 3. The van der Waals surface area contributed by atoms with Crippen LogP contribution in [0, 0.1) is 6.92 Å². The lowest BCUT2D eigenvalue weighted by Gasteiger charge is -2.15. The third kappa shape index (κ3) is 4.92. The number of rotatable bonds is 7. The van der Waals surface area contributed by atoms with Crippen molar-refractivity contribution in [1.29, 1.82) is 0 Å². The molecule has 0 saturated carbocycles. The predicted octanol–water partition coefficient (Wildman–Crippen LogP) is 4.69. The summed E-state index contributed by atoms with van der Waals surface area (Å²) in [6, 6.07) is 19.4. The lowest BCUT2D eigenvalue weighted by atomic mass is 10.2. The number of carbonyl (C=O) groups is 3. The molecule has 174 valence electrons. The molecular formula is C26H24N2O5S. The summed E-state index contributed by atoms with van der Waals surface area (Å²) in [6.07, 6.45) is 0.148. The lowest BCUT2D eigenvalue weighted by molar-refractivity contribution is -0.121. The molecule has 7 nitrogen and oxygen atoms in total. The quantitative estimate of drug-likeness (QED) is 0.498. The van der Waals surface area contributed by atoms with E-state index in [1.807, 2.05) is 31.2 Å². The fraction of sp³-hybridized carbons (Fsp3) is 0.192. The highest BCUT2D eigenvalue weighted by Crippen LogP contribution is 2.34. The van der Waals surface area contributed by atoms with E-state index in [0.717, 1.165) is 10.5 Å². The Kier molecular flexibility index (Phi) is 6.88. The number of ether oxygens (including phenoxy) is 2. The van der Waals surface area contributed by atoms with Crippen molar-refractivity contribution < 1.29 is 23.9 Å². The van der Waals surface area contributed by atoms with Crippen molar-refractivity contribution in [3.8, 4) is 11.5 Å². The van der Waals surface area contributed by atoms with Gasteiger partial charge in [-0.1, -0.05) is 17.7 Å². The Morgan fingerprint density at radius 2 is 1.62 bits per heavy atom. The van der Waals surface area contributed by atoms with E-state index in [0.29, 0.717) is 28.4 Å². The van der Waals surface area contributed by atoms with Gasteiger partial charge in [0.2, 0.25) is 11.8 Å². The molecule has 1 saturated heterocycles. The Bertz CT molecular complexity index is 1220. The Balaban J connectivity index is 1.40. The van der Waals surface area contributed by atoms with Crippen molar-refractivity contribution in [3.63, 3.8) is 0 Å². The number of amides is 3. The molecule has 8 heteroatoms. The molecule has 0 bridgehead atoms. The largest absolute Gasteiger partial charge is 0.493 e. The first-order chi connectivity index (χ1) is 16.4. The van der Waals surface area contributed by atoms with Crippen LogP contribution in [-0.4, -0.2) is 37.2 Å². The number of carbonyl (C=O) groups excluding carboxylic acids is 3. The number of aryl methyl sites for hydroxylation is 1. The fourth-order valence-corrected chi connectivity index (χ4v) is 4.68. The molecule has 3 aromatic rings. The molecule has 34 heavy (non-hydrogen) atoms. The van der Waals surface area contributed by atoms with Gasteiger partial charge in [0.1, 0.15) is 0 Å². The van der Waals surface area contributed by atoms with E-state index in [2.05, 4.69) is 5.32 Å². The van der Waals surface area contributed by atoms with Crippen molar-refractivity contribution in [2.45, 2.75) is 23.5 Å². The molecule has 1 heterocycles. The highest BCUT2D eigenvalue weighted by Gasteiger charge is 2.40. The number of methoxy groups -OCH3 is 2. The lowest BCUT2D eigenvalue weighted by Crippen LogP contribution is -2.31. The van der Waals surface area contributed by atoms with Crippen LogP contribution in [0.1, 0.15) is 22.3 Å². The standard InChI is InChI=1S/C26H24N2O5S/c1-16-4-9-19(10-5-16)28-24(29)15-23(26(28)31)34-20-11-7-18(8-12-20)27-25(30)17-6-13-21(32-2)22(14-17)33-3/h4-14,23H,15H2,1-3H3,(H,27,30). The number of hydrogen-bond donors (Lipinski definition) is 1. The maximum Gasteiger partial charge on any atom is 0.255 e. The van der Waals surface area contributed by atoms with Crippen LogP contribution in [-0.2, 0) is 9.59 Å². The maximum absolute atomic E-state index is 12.9. The number of imide groups is 1. The fourth-order valence-electron chi connectivity index (χ4n) is 3.62. The summed E-state index contributed by atoms with van der Waals surface area (Å²) in [6.45, 7) is 1.95.